The zero-order chi connectivity index (χ0) is 36.5. The summed E-state index contributed by atoms with van der Waals surface area (Å²) in [6, 6.07) is 12.0. The molecule has 1 fully saturated rings. The van der Waals surface area contributed by atoms with Crippen LogP contribution in [0.4, 0.5) is 0 Å². The van der Waals surface area contributed by atoms with Gasteiger partial charge in [0.1, 0.15) is 31.0 Å². The fourth-order valence-corrected chi connectivity index (χ4v) is 5.70. The van der Waals surface area contributed by atoms with Crippen LogP contribution in [-0.2, 0) is 22.3 Å². The molecule has 0 saturated carbocycles. The first-order chi connectivity index (χ1) is 24.0. The highest BCUT2D eigenvalue weighted by Gasteiger charge is 2.46. The Labute approximate surface area is 288 Å². The van der Waals surface area contributed by atoms with Crippen molar-refractivity contribution in [3.8, 4) is 40.2 Å². The first kappa shape index (κ1) is 38.3. The molecule has 1 aliphatic rings. The van der Waals surface area contributed by atoms with Gasteiger partial charge in [0.05, 0.1) is 34.0 Å². The van der Waals surface area contributed by atoms with Crippen LogP contribution >= 0.6 is 0 Å². The van der Waals surface area contributed by atoms with E-state index in [4.69, 9.17) is 33.2 Å². The maximum absolute atomic E-state index is 12.7. The lowest BCUT2D eigenvalue weighted by Gasteiger charge is -2.40. The van der Waals surface area contributed by atoms with Gasteiger partial charge in [0.15, 0.2) is 34.5 Å². The highest BCUT2D eigenvalue weighted by molar-refractivity contribution is 5.90. The summed E-state index contributed by atoms with van der Waals surface area (Å²) in [6.07, 6.45) is -7.38. The van der Waals surface area contributed by atoms with Gasteiger partial charge in [-0.25, -0.2) is 4.79 Å². The summed E-state index contributed by atoms with van der Waals surface area (Å²) in [7, 11) is 5.51. The summed E-state index contributed by atoms with van der Waals surface area (Å²) in [5.41, 5.74) is 1.49. The van der Waals surface area contributed by atoms with Crippen molar-refractivity contribution in [2.45, 2.75) is 43.5 Å². The van der Waals surface area contributed by atoms with Crippen LogP contribution in [0.2, 0.25) is 0 Å². The fourth-order valence-electron chi connectivity index (χ4n) is 5.70. The normalized spacial score (nSPS) is 21.5. The quantitative estimate of drug-likeness (QED) is 0.104. The number of phenols is 2. The zero-order valence-corrected chi connectivity index (χ0v) is 28.1. The standard InChI is InChI=1S/C35H44O15/c1-44-25-11-18(5-7-23(25)38)9-21(15-36)22(16-37)10-19-12-27(46-3)33(28(13-19)47-4)50-35-32(42)31(41)30(40)29(49-35)17-48-34(43)20-6-8-24(39)26(14-20)45-2/h5-8,11-14,21-22,29-32,35-42H,9-10,15-17H2,1-4H3/t21-,22-,29+,30+,31-,32+,35-/m0/s1. The van der Waals surface area contributed by atoms with E-state index in [0.29, 0.717) is 17.7 Å². The Hall–Kier alpha value is -4.51. The van der Waals surface area contributed by atoms with Crippen LogP contribution in [0.5, 0.6) is 40.2 Å². The van der Waals surface area contributed by atoms with Gasteiger partial charge in [-0.3, -0.25) is 0 Å². The number of ether oxygens (including phenoxy) is 7. The summed E-state index contributed by atoms with van der Waals surface area (Å²) in [4.78, 5) is 12.7. The lowest BCUT2D eigenvalue weighted by molar-refractivity contribution is -0.277. The number of rotatable bonds is 16. The summed E-state index contributed by atoms with van der Waals surface area (Å²) in [6.45, 7) is -1.02. The molecule has 0 bridgehead atoms. The molecule has 15 heteroatoms. The van der Waals surface area contributed by atoms with Crippen molar-refractivity contribution in [3.05, 3.63) is 65.2 Å². The Morgan fingerprint density at radius 2 is 1.22 bits per heavy atom. The lowest BCUT2D eigenvalue weighted by atomic mass is 9.83. The number of aliphatic hydroxyl groups excluding tert-OH is 5. The van der Waals surface area contributed by atoms with Crippen molar-refractivity contribution < 1.29 is 73.7 Å². The number of esters is 1. The van der Waals surface area contributed by atoms with Crippen LogP contribution in [0.1, 0.15) is 21.5 Å². The van der Waals surface area contributed by atoms with E-state index in [1.54, 1.807) is 24.3 Å². The zero-order valence-electron chi connectivity index (χ0n) is 28.1. The van der Waals surface area contributed by atoms with Crippen molar-refractivity contribution in [1.29, 1.82) is 0 Å². The third kappa shape index (κ3) is 8.79. The molecule has 3 aromatic rings. The SMILES string of the molecule is COc1cc(C[C@@H](CO)[C@H](CO)Cc2cc(OC)c(O[C@@H]3O[C@H](COC(=O)c4ccc(O)c(OC)c4)[C@@H](O)[C@H](O)[C@H]3O)c(OC)c2)ccc1O. The molecule has 0 spiro atoms. The fraction of sp³-hybridized carbons (Fsp3) is 0.457. The molecule has 1 aliphatic heterocycles. The van der Waals surface area contributed by atoms with Gasteiger partial charge in [-0.1, -0.05) is 6.07 Å². The molecule has 0 unspecified atom stereocenters. The molecular formula is C35H44O15. The molecule has 50 heavy (non-hydrogen) atoms. The van der Waals surface area contributed by atoms with E-state index >= 15 is 0 Å². The van der Waals surface area contributed by atoms with Crippen molar-refractivity contribution in [2.75, 3.05) is 48.3 Å². The van der Waals surface area contributed by atoms with Crippen LogP contribution in [-0.4, -0.2) is 121 Å². The van der Waals surface area contributed by atoms with Gasteiger partial charge in [0.25, 0.3) is 0 Å². The highest BCUT2D eigenvalue weighted by atomic mass is 16.7. The van der Waals surface area contributed by atoms with Crippen molar-refractivity contribution >= 4 is 5.97 Å². The molecule has 0 aromatic heterocycles. The molecule has 0 radical (unpaired) electrons. The molecule has 7 atom stereocenters. The molecule has 15 nitrogen and oxygen atoms in total. The van der Waals surface area contributed by atoms with Gasteiger partial charge in [0, 0.05) is 13.2 Å². The Morgan fingerprint density at radius 3 is 1.78 bits per heavy atom. The van der Waals surface area contributed by atoms with Gasteiger partial charge < -0.3 is 68.9 Å². The minimum Gasteiger partial charge on any atom is -0.504 e. The molecule has 3 aromatic carbocycles. The largest absolute Gasteiger partial charge is 0.504 e. The first-order valence-corrected chi connectivity index (χ1v) is 15.7. The van der Waals surface area contributed by atoms with Gasteiger partial charge in [-0.05, 0) is 78.3 Å². The molecule has 1 saturated heterocycles. The molecule has 1 heterocycles. The topological polar surface area (TPSA) is 223 Å². The van der Waals surface area contributed by atoms with Crippen LogP contribution in [0.3, 0.4) is 0 Å². The number of aliphatic hydroxyl groups is 5. The van der Waals surface area contributed by atoms with Crippen LogP contribution in [0, 0.1) is 11.8 Å². The average molecular weight is 705 g/mol. The van der Waals surface area contributed by atoms with Crippen molar-refractivity contribution in [2.24, 2.45) is 11.8 Å². The summed E-state index contributed by atoms with van der Waals surface area (Å²) < 4.78 is 38.3. The summed E-state index contributed by atoms with van der Waals surface area (Å²) >= 11 is 0. The van der Waals surface area contributed by atoms with E-state index in [1.807, 2.05) is 0 Å². The summed E-state index contributed by atoms with van der Waals surface area (Å²) in [5.74, 6) is -1.17. The number of hydrogen-bond donors (Lipinski definition) is 7. The molecule has 0 aliphatic carbocycles. The minimum atomic E-state index is -1.75. The predicted molar refractivity (Wildman–Crippen MR) is 175 cm³/mol. The van der Waals surface area contributed by atoms with Gasteiger partial charge in [-0.2, -0.15) is 0 Å². The molecule has 7 N–H and O–H groups in total. The Balaban J connectivity index is 1.50. The molecule has 4 rings (SSSR count). The molecule has 274 valence electrons. The third-order valence-electron chi connectivity index (χ3n) is 8.59. The predicted octanol–water partition coefficient (Wildman–Crippen LogP) is 1.18. The van der Waals surface area contributed by atoms with Gasteiger partial charge in [-0.15, -0.1) is 0 Å². The third-order valence-corrected chi connectivity index (χ3v) is 8.59. The number of aromatic hydroxyl groups is 2. The van der Waals surface area contributed by atoms with Crippen LogP contribution in [0.25, 0.3) is 0 Å². The van der Waals surface area contributed by atoms with Crippen LogP contribution in [0.15, 0.2) is 48.5 Å². The molecular weight excluding hydrogens is 660 g/mol. The minimum absolute atomic E-state index is 0.00577. The Morgan fingerprint density at radius 1 is 0.700 bits per heavy atom. The van der Waals surface area contributed by atoms with E-state index in [0.717, 1.165) is 5.56 Å². The summed E-state index contributed by atoms with van der Waals surface area (Å²) in [5, 5.41) is 72.3. The van der Waals surface area contributed by atoms with E-state index in [-0.39, 0.29) is 65.6 Å². The number of benzene rings is 3. The average Bonchev–Trinajstić information content (AvgIpc) is 3.13. The van der Waals surface area contributed by atoms with E-state index in [2.05, 4.69) is 0 Å². The first-order valence-electron chi connectivity index (χ1n) is 15.7. The monoisotopic (exact) mass is 704 g/mol. The number of carbonyl (C=O) groups excluding carboxylic acids is 1. The Kier molecular flexibility index (Phi) is 13.3. The lowest BCUT2D eigenvalue weighted by Crippen LogP contribution is -2.60. The van der Waals surface area contributed by atoms with E-state index < -0.39 is 49.2 Å². The smallest absolute Gasteiger partial charge is 0.338 e. The number of phenolic OH excluding ortho intramolecular Hbond substituents is 2. The van der Waals surface area contributed by atoms with E-state index in [1.165, 1.54) is 52.7 Å². The van der Waals surface area contributed by atoms with Gasteiger partial charge >= 0.3 is 5.97 Å². The number of carbonyl (C=O) groups is 1. The maximum Gasteiger partial charge on any atom is 0.338 e. The second kappa shape index (κ2) is 17.4. The van der Waals surface area contributed by atoms with Crippen LogP contribution < -0.4 is 23.7 Å². The van der Waals surface area contributed by atoms with Gasteiger partial charge in [0.2, 0.25) is 12.0 Å². The number of methoxy groups -OCH3 is 4. The second-order valence-electron chi connectivity index (χ2n) is 11.7. The second-order valence-corrected chi connectivity index (χ2v) is 11.7. The van der Waals surface area contributed by atoms with Crippen molar-refractivity contribution in [1.82, 2.24) is 0 Å². The van der Waals surface area contributed by atoms with E-state index in [9.17, 15) is 40.5 Å². The Bertz CT molecular complexity index is 1550. The highest BCUT2D eigenvalue weighted by Crippen LogP contribution is 2.42. The van der Waals surface area contributed by atoms with Crippen molar-refractivity contribution in [3.63, 3.8) is 0 Å². The maximum atomic E-state index is 12.7. The number of hydrogen-bond acceptors (Lipinski definition) is 15. The molecule has 0 amide bonds.